The molecule has 0 atom stereocenters. The summed E-state index contributed by atoms with van der Waals surface area (Å²) in [6, 6.07) is 0. The van der Waals surface area contributed by atoms with Crippen LogP contribution in [0.4, 0.5) is 37.7 Å². The molecule has 31 heavy (non-hydrogen) atoms. The van der Waals surface area contributed by atoms with E-state index in [2.05, 4.69) is 0 Å². The molecule has 0 spiro atoms. The van der Waals surface area contributed by atoms with Gasteiger partial charge in [-0.05, 0) is 0 Å². The fourth-order valence-electron chi connectivity index (χ4n) is 2.84. The number of nitrogens with two attached hydrogens (primary N) is 2. The van der Waals surface area contributed by atoms with Gasteiger partial charge in [-0.1, -0.05) is 69.6 Å². The third-order valence-corrected chi connectivity index (χ3v) is 6.73. The third kappa shape index (κ3) is 3.55. The van der Waals surface area contributed by atoms with Gasteiger partial charge in [0.15, 0.2) is 11.5 Å². The fraction of sp³-hybridized carbons (Fsp3) is 0.200. The SMILES string of the molecule is Nc1c(O)c(Cl)c(C(c2c(Cl)c(O)c(N)c(Cl)c2Cl)(C(F)(F)F)C(F)(F)F)c(Cl)c1Cl. The Morgan fingerprint density at radius 2 is 0.774 bits per heavy atom. The molecule has 0 saturated heterocycles. The molecule has 2 rings (SSSR count). The standard InChI is InChI=1S/C15H6Cl6F6N2O2/c16-3-1(5(18)11(30)9(28)7(3)20)13(14(22,23)24,15(25,26)27)2-4(17)8(21)10(29)12(31)6(2)19/h30-31H,28-29H2. The van der Waals surface area contributed by atoms with Crippen LogP contribution in [0.2, 0.25) is 30.1 Å². The van der Waals surface area contributed by atoms with Gasteiger partial charge in [-0.2, -0.15) is 26.3 Å². The molecule has 2 aromatic carbocycles. The molecule has 0 aliphatic carbocycles. The number of phenols is 2. The lowest BCUT2D eigenvalue weighted by Gasteiger charge is -2.40. The summed E-state index contributed by atoms with van der Waals surface area (Å²) in [5.41, 5.74) is -0.379. The number of benzene rings is 2. The van der Waals surface area contributed by atoms with Gasteiger partial charge in [-0.25, -0.2) is 0 Å². The smallest absolute Gasteiger partial charge is 0.411 e. The van der Waals surface area contributed by atoms with E-state index < -0.39 is 81.9 Å². The van der Waals surface area contributed by atoms with E-state index in [4.69, 9.17) is 81.1 Å². The Morgan fingerprint density at radius 3 is 1.00 bits per heavy atom. The van der Waals surface area contributed by atoms with E-state index in [9.17, 15) is 36.6 Å². The molecule has 172 valence electrons. The lowest BCUT2D eigenvalue weighted by Crippen LogP contribution is -2.55. The fourth-order valence-corrected chi connectivity index (χ4v) is 4.66. The van der Waals surface area contributed by atoms with Crippen LogP contribution in [0.15, 0.2) is 0 Å². The van der Waals surface area contributed by atoms with Crippen LogP contribution in [0.1, 0.15) is 11.1 Å². The van der Waals surface area contributed by atoms with Crippen molar-refractivity contribution >= 4 is 81.0 Å². The minimum Gasteiger partial charge on any atom is -0.504 e. The average molecular weight is 573 g/mol. The summed E-state index contributed by atoms with van der Waals surface area (Å²) in [6.45, 7) is 0. The number of hydrogen-bond donors (Lipinski definition) is 4. The second-order valence-electron chi connectivity index (χ2n) is 5.90. The van der Waals surface area contributed by atoms with E-state index in [-0.39, 0.29) is 0 Å². The van der Waals surface area contributed by atoms with Crippen LogP contribution in [0.25, 0.3) is 0 Å². The molecule has 16 heteroatoms. The highest BCUT2D eigenvalue weighted by Gasteiger charge is 2.75. The van der Waals surface area contributed by atoms with Crippen molar-refractivity contribution in [3.05, 3.63) is 41.3 Å². The molecule has 0 fully saturated rings. The van der Waals surface area contributed by atoms with Crippen LogP contribution in [-0.2, 0) is 5.41 Å². The number of anilines is 2. The van der Waals surface area contributed by atoms with E-state index in [1.807, 2.05) is 0 Å². The van der Waals surface area contributed by atoms with Gasteiger partial charge in [0, 0.05) is 11.1 Å². The molecule has 0 unspecified atom stereocenters. The third-order valence-electron chi connectivity index (χ3n) is 4.26. The minimum atomic E-state index is -6.36. The van der Waals surface area contributed by atoms with E-state index >= 15 is 0 Å². The van der Waals surface area contributed by atoms with Crippen molar-refractivity contribution in [2.75, 3.05) is 11.5 Å². The first kappa shape index (κ1) is 26.2. The number of nitrogen functional groups attached to an aromatic ring is 2. The molecule has 2 aromatic rings. The highest BCUT2D eigenvalue weighted by Crippen LogP contribution is 2.65. The molecule has 0 aliphatic rings. The van der Waals surface area contributed by atoms with E-state index in [1.165, 1.54) is 0 Å². The van der Waals surface area contributed by atoms with Crippen molar-refractivity contribution < 1.29 is 36.6 Å². The largest absolute Gasteiger partial charge is 0.504 e. The van der Waals surface area contributed by atoms with Crippen molar-refractivity contribution in [1.82, 2.24) is 0 Å². The first-order valence-electron chi connectivity index (χ1n) is 7.29. The molecule has 0 aliphatic heterocycles. The lowest BCUT2D eigenvalue weighted by molar-refractivity contribution is -0.288. The number of aromatic hydroxyl groups is 2. The predicted molar refractivity (Wildman–Crippen MR) is 108 cm³/mol. The molecular formula is C15H6Cl6F6N2O2. The van der Waals surface area contributed by atoms with Gasteiger partial charge in [0.1, 0.15) is 0 Å². The Morgan fingerprint density at radius 1 is 0.516 bits per heavy atom. The number of alkyl halides is 6. The van der Waals surface area contributed by atoms with Crippen LogP contribution in [0, 0.1) is 0 Å². The lowest BCUT2D eigenvalue weighted by atomic mass is 9.72. The monoisotopic (exact) mass is 570 g/mol. The highest BCUT2D eigenvalue weighted by atomic mass is 35.5. The van der Waals surface area contributed by atoms with Gasteiger partial charge >= 0.3 is 12.4 Å². The molecular weight excluding hydrogens is 567 g/mol. The Labute approximate surface area is 199 Å². The topological polar surface area (TPSA) is 92.5 Å². The summed E-state index contributed by atoms with van der Waals surface area (Å²) in [5, 5.41) is 11.8. The number of rotatable bonds is 2. The highest BCUT2D eigenvalue weighted by molar-refractivity contribution is 6.48. The zero-order valence-corrected chi connectivity index (χ0v) is 18.6. The van der Waals surface area contributed by atoms with Crippen molar-refractivity contribution in [3.63, 3.8) is 0 Å². The van der Waals surface area contributed by atoms with Gasteiger partial charge in [-0.15, -0.1) is 0 Å². The van der Waals surface area contributed by atoms with Crippen LogP contribution in [0.5, 0.6) is 11.5 Å². The molecule has 0 saturated carbocycles. The number of hydrogen-bond acceptors (Lipinski definition) is 4. The van der Waals surface area contributed by atoms with Gasteiger partial charge in [0.25, 0.3) is 0 Å². The van der Waals surface area contributed by atoms with Crippen molar-refractivity contribution in [2.24, 2.45) is 0 Å². The second kappa shape index (κ2) is 8.07. The molecule has 4 nitrogen and oxygen atoms in total. The van der Waals surface area contributed by atoms with Gasteiger partial charge in [-0.3, -0.25) is 0 Å². The molecule has 0 radical (unpaired) electrons. The Bertz CT molecular complexity index is 946. The molecule has 6 N–H and O–H groups in total. The van der Waals surface area contributed by atoms with Gasteiger partial charge in [0.2, 0.25) is 5.41 Å². The Balaban J connectivity index is 3.41. The predicted octanol–water partition coefficient (Wildman–Crippen LogP) is 7.59. The summed E-state index contributed by atoms with van der Waals surface area (Å²) >= 11 is 34.1. The number of phenolic OH excluding ortho intramolecular Hbond substituents is 2. The molecule has 0 heterocycles. The number of halogens is 12. The maximum absolute atomic E-state index is 14.4. The van der Waals surface area contributed by atoms with Crippen LogP contribution >= 0.6 is 69.6 Å². The summed E-state index contributed by atoms with van der Waals surface area (Å²) in [7, 11) is 0. The summed E-state index contributed by atoms with van der Waals surface area (Å²) in [4.78, 5) is 0. The van der Waals surface area contributed by atoms with Crippen molar-refractivity contribution in [2.45, 2.75) is 17.8 Å². The Kier molecular flexibility index (Phi) is 6.83. The Hall–Kier alpha value is -1.04. The van der Waals surface area contributed by atoms with Gasteiger partial charge < -0.3 is 21.7 Å². The zero-order valence-electron chi connectivity index (χ0n) is 14.1. The van der Waals surface area contributed by atoms with E-state index in [0.717, 1.165) is 0 Å². The average Bonchev–Trinajstić information content (AvgIpc) is 2.64. The maximum atomic E-state index is 14.4. The first-order chi connectivity index (χ1) is 13.9. The molecule has 0 amide bonds. The summed E-state index contributed by atoms with van der Waals surface area (Å²) < 4.78 is 86.5. The van der Waals surface area contributed by atoms with Crippen LogP contribution in [0.3, 0.4) is 0 Å². The van der Waals surface area contributed by atoms with E-state index in [0.29, 0.717) is 0 Å². The van der Waals surface area contributed by atoms with Gasteiger partial charge in [0.05, 0.1) is 41.5 Å². The van der Waals surface area contributed by atoms with Crippen LogP contribution < -0.4 is 11.5 Å². The molecule has 0 aromatic heterocycles. The minimum absolute atomic E-state index is 0.894. The maximum Gasteiger partial charge on any atom is 0.411 e. The first-order valence-corrected chi connectivity index (χ1v) is 9.56. The molecule has 0 bridgehead atoms. The zero-order chi connectivity index (χ0) is 24.4. The van der Waals surface area contributed by atoms with E-state index in [1.54, 1.807) is 0 Å². The normalized spacial score (nSPS) is 13.0. The van der Waals surface area contributed by atoms with Crippen LogP contribution in [-0.4, -0.2) is 22.6 Å². The van der Waals surface area contributed by atoms with Crippen molar-refractivity contribution in [1.29, 1.82) is 0 Å². The quantitative estimate of drug-likeness (QED) is 0.129. The summed E-state index contributed by atoms with van der Waals surface area (Å²) in [5.74, 6) is -2.86. The van der Waals surface area contributed by atoms with Crippen molar-refractivity contribution in [3.8, 4) is 11.5 Å². The summed E-state index contributed by atoms with van der Waals surface area (Å²) in [6.07, 6.45) is -12.7. The second-order valence-corrected chi connectivity index (χ2v) is 8.17.